The van der Waals surface area contributed by atoms with Crippen molar-refractivity contribution < 1.29 is 14.3 Å². The van der Waals surface area contributed by atoms with Gasteiger partial charge in [-0.25, -0.2) is 5.90 Å². The van der Waals surface area contributed by atoms with Gasteiger partial charge < -0.3 is 9.47 Å². The Labute approximate surface area is 92.8 Å². The molecule has 0 amide bonds. The highest BCUT2D eigenvalue weighted by molar-refractivity contribution is 6.32. The van der Waals surface area contributed by atoms with Crippen LogP contribution in [0.1, 0.15) is 11.1 Å². The van der Waals surface area contributed by atoms with Crippen molar-refractivity contribution in [1.82, 2.24) is 0 Å². The molecular formula is C10H12ClNO3. The molecule has 1 heterocycles. The summed E-state index contributed by atoms with van der Waals surface area (Å²) in [6.45, 7) is 3.25. The normalized spacial score (nSPS) is 14.1. The maximum absolute atomic E-state index is 6.14. The van der Waals surface area contributed by atoms with Crippen LogP contribution in [-0.4, -0.2) is 13.2 Å². The number of nitrogens with two attached hydrogens (primary N) is 1. The first-order chi connectivity index (χ1) is 7.24. The van der Waals surface area contributed by atoms with Crippen molar-refractivity contribution in [2.45, 2.75) is 13.5 Å². The van der Waals surface area contributed by atoms with Crippen LogP contribution >= 0.6 is 11.6 Å². The fourth-order valence-corrected chi connectivity index (χ4v) is 1.78. The van der Waals surface area contributed by atoms with Crippen molar-refractivity contribution in [2.24, 2.45) is 5.90 Å². The molecule has 1 aliphatic rings. The van der Waals surface area contributed by atoms with E-state index in [1.54, 1.807) is 6.07 Å². The van der Waals surface area contributed by atoms with E-state index in [4.69, 9.17) is 27.0 Å². The minimum atomic E-state index is 0.260. The third kappa shape index (κ3) is 1.88. The average Bonchev–Trinajstić information content (AvgIpc) is 2.26. The molecule has 1 aromatic carbocycles. The van der Waals surface area contributed by atoms with Crippen LogP contribution in [0, 0.1) is 6.92 Å². The lowest BCUT2D eigenvalue weighted by molar-refractivity contribution is 0.123. The molecule has 1 aromatic rings. The third-order valence-electron chi connectivity index (χ3n) is 2.31. The molecule has 0 radical (unpaired) electrons. The molecule has 2 rings (SSSR count). The Bertz CT molecular complexity index is 381. The number of rotatable bonds is 2. The van der Waals surface area contributed by atoms with E-state index in [0.29, 0.717) is 29.7 Å². The molecule has 0 aromatic heterocycles. The standard InChI is InChI=1S/C10H12ClNO3/c1-6-9(11)7(5-15-12)4-8-10(6)14-3-2-13-8/h4H,2-3,5,12H2,1H3. The Hall–Kier alpha value is -0.970. The van der Waals surface area contributed by atoms with Gasteiger partial charge in [-0.2, -0.15) is 0 Å². The fourth-order valence-electron chi connectivity index (χ4n) is 1.59. The zero-order valence-corrected chi connectivity index (χ0v) is 9.13. The predicted octanol–water partition coefficient (Wildman–Crippen LogP) is 1.81. The lowest BCUT2D eigenvalue weighted by Gasteiger charge is -2.22. The summed E-state index contributed by atoms with van der Waals surface area (Å²) in [6.07, 6.45) is 0. The maximum atomic E-state index is 6.14. The summed E-state index contributed by atoms with van der Waals surface area (Å²) < 4.78 is 11.0. The van der Waals surface area contributed by atoms with Crippen LogP contribution in [0.2, 0.25) is 5.02 Å². The van der Waals surface area contributed by atoms with E-state index in [1.807, 2.05) is 6.92 Å². The largest absolute Gasteiger partial charge is 0.486 e. The van der Waals surface area contributed by atoms with Crippen molar-refractivity contribution in [2.75, 3.05) is 13.2 Å². The molecule has 5 heteroatoms. The summed E-state index contributed by atoms with van der Waals surface area (Å²) in [5.74, 6) is 6.44. The number of hydrogen-bond acceptors (Lipinski definition) is 4. The first-order valence-electron chi connectivity index (χ1n) is 4.63. The number of hydrogen-bond donors (Lipinski definition) is 1. The molecule has 0 spiro atoms. The van der Waals surface area contributed by atoms with Crippen molar-refractivity contribution in [3.8, 4) is 11.5 Å². The molecule has 0 saturated heterocycles. The monoisotopic (exact) mass is 229 g/mol. The smallest absolute Gasteiger partial charge is 0.165 e. The summed E-state index contributed by atoms with van der Waals surface area (Å²) in [4.78, 5) is 4.57. The van der Waals surface area contributed by atoms with Crippen molar-refractivity contribution >= 4 is 11.6 Å². The predicted molar refractivity (Wildman–Crippen MR) is 56.2 cm³/mol. The molecule has 82 valence electrons. The van der Waals surface area contributed by atoms with Crippen LogP contribution in [0.25, 0.3) is 0 Å². The van der Waals surface area contributed by atoms with Crippen LogP contribution in [0.4, 0.5) is 0 Å². The summed E-state index contributed by atoms with van der Waals surface area (Å²) >= 11 is 6.14. The van der Waals surface area contributed by atoms with Crippen LogP contribution in [0.5, 0.6) is 11.5 Å². The average molecular weight is 230 g/mol. The molecule has 15 heavy (non-hydrogen) atoms. The van der Waals surface area contributed by atoms with Crippen molar-refractivity contribution in [3.63, 3.8) is 0 Å². The Morgan fingerprint density at radius 3 is 2.93 bits per heavy atom. The van der Waals surface area contributed by atoms with Gasteiger partial charge in [-0.15, -0.1) is 0 Å². The highest BCUT2D eigenvalue weighted by atomic mass is 35.5. The number of fused-ring (bicyclic) bond motifs is 1. The number of ether oxygens (including phenoxy) is 2. The highest BCUT2D eigenvalue weighted by Crippen LogP contribution is 2.39. The molecule has 0 atom stereocenters. The molecule has 0 fully saturated rings. The summed E-state index contributed by atoms with van der Waals surface area (Å²) in [6, 6.07) is 1.80. The highest BCUT2D eigenvalue weighted by Gasteiger charge is 2.19. The van der Waals surface area contributed by atoms with Gasteiger partial charge >= 0.3 is 0 Å². The van der Waals surface area contributed by atoms with Gasteiger partial charge in [0.2, 0.25) is 0 Å². The molecule has 2 N–H and O–H groups in total. The molecule has 4 nitrogen and oxygen atoms in total. The van der Waals surface area contributed by atoms with Gasteiger partial charge in [-0.05, 0) is 13.0 Å². The van der Waals surface area contributed by atoms with E-state index in [-0.39, 0.29) is 6.61 Å². The Kier molecular flexibility index (Phi) is 3.00. The summed E-state index contributed by atoms with van der Waals surface area (Å²) in [7, 11) is 0. The molecule has 0 aliphatic carbocycles. The van der Waals surface area contributed by atoms with Crippen LogP contribution in [0.3, 0.4) is 0 Å². The molecule has 0 unspecified atom stereocenters. The fraction of sp³-hybridized carbons (Fsp3) is 0.400. The van der Waals surface area contributed by atoms with E-state index >= 15 is 0 Å². The second-order valence-corrected chi connectivity index (χ2v) is 3.69. The topological polar surface area (TPSA) is 53.7 Å². The summed E-state index contributed by atoms with van der Waals surface area (Å²) in [5.41, 5.74) is 1.67. The van der Waals surface area contributed by atoms with Gasteiger partial charge in [0, 0.05) is 11.1 Å². The Morgan fingerprint density at radius 2 is 2.20 bits per heavy atom. The first kappa shape index (κ1) is 10.5. The van der Waals surface area contributed by atoms with Gasteiger partial charge in [0.1, 0.15) is 13.2 Å². The van der Waals surface area contributed by atoms with Gasteiger partial charge in [0.25, 0.3) is 0 Å². The van der Waals surface area contributed by atoms with Gasteiger partial charge in [0.15, 0.2) is 11.5 Å². The van der Waals surface area contributed by atoms with Crippen LogP contribution < -0.4 is 15.4 Å². The minimum Gasteiger partial charge on any atom is -0.486 e. The van der Waals surface area contributed by atoms with E-state index in [9.17, 15) is 0 Å². The van der Waals surface area contributed by atoms with Gasteiger partial charge in [0.05, 0.1) is 11.6 Å². The van der Waals surface area contributed by atoms with E-state index < -0.39 is 0 Å². The van der Waals surface area contributed by atoms with Crippen LogP contribution in [0.15, 0.2) is 6.07 Å². The quantitative estimate of drug-likeness (QED) is 0.786. The molecule has 0 saturated carbocycles. The second-order valence-electron chi connectivity index (χ2n) is 3.31. The third-order valence-corrected chi connectivity index (χ3v) is 2.83. The Morgan fingerprint density at radius 1 is 1.47 bits per heavy atom. The van der Waals surface area contributed by atoms with Gasteiger partial charge in [-0.3, -0.25) is 4.84 Å². The van der Waals surface area contributed by atoms with E-state index in [1.165, 1.54) is 0 Å². The zero-order valence-electron chi connectivity index (χ0n) is 8.38. The lowest BCUT2D eigenvalue weighted by Crippen LogP contribution is -2.17. The number of halogens is 1. The van der Waals surface area contributed by atoms with Crippen molar-refractivity contribution in [3.05, 3.63) is 22.2 Å². The van der Waals surface area contributed by atoms with Crippen LogP contribution in [-0.2, 0) is 11.4 Å². The number of benzene rings is 1. The van der Waals surface area contributed by atoms with Crippen molar-refractivity contribution in [1.29, 1.82) is 0 Å². The van der Waals surface area contributed by atoms with Gasteiger partial charge in [-0.1, -0.05) is 11.6 Å². The molecule has 1 aliphatic heterocycles. The maximum Gasteiger partial charge on any atom is 0.165 e. The summed E-state index contributed by atoms with van der Waals surface area (Å²) in [5, 5.41) is 0.615. The molecule has 0 bridgehead atoms. The lowest BCUT2D eigenvalue weighted by atomic mass is 10.1. The Balaban J connectivity index is 2.47. The van der Waals surface area contributed by atoms with E-state index in [0.717, 1.165) is 11.1 Å². The zero-order chi connectivity index (χ0) is 10.8. The first-order valence-corrected chi connectivity index (χ1v) is 5.01. The second kappa shape index (κ2) is 4.26. The SMILES string of the molecule is Cc1c(Cl)c(CON)cc2c1OCCO2. The minimum absolute atomic E-state index is 0.260. The van der Waals surface area contributed by atoms with E-state index in [2.05, 4.69) is 4.84 Å². The molecular weight excluding hydrogens is 218 g/mol.